The molecule has 2 aliphatic rings. The average Bonchev–Trinajstić information content (AvgIpc) is 3.03. The van der Waals surface area contributed by atoms with Gasteiger partial charge in [-0.25, -0.2) is 0 Å². The van der Waals surface area contributed by atoms with Gasteiger partial charge in [0.1, 0.15) is 0 Å². The van der Waals surface area contributed by atoms with Crippen LogP contribution >= 0.6 is 11.6 Å². The second kappa shape index (κ2) is 5.48. The minimum Gasteiger partial charge on any atom is -0.378 e. The second-order valence-electron chi connectivity index (χ2n) is 6.31. The first-order chi connectivity index (χ1) is 10.8. The smallest absolute Gasteiger partial charge is 0.0554 e. The lowest BCUT2D eigenvalue weighted by Gasteiger charge is -2.37. The maximum atomic E-state index is 6.20. The Morgan fingerprint density at radius 3 is 2.91 bits per heavy atom. The quantitative estimate of drug-likeness (QED) is 0.699. The highest BCUT2D eigenvalue weighted by Gasteiger charge is 2.37. The molecule has 0 amide bonds. The van der Waals surface area contributed by atoms with Crippen LogP contribution in [-0.4, -0.2) is 0 Å². The Morgan fingerprint density at radius 1 is 1.18 bits per heavy atom. The summed E-state index contributed by atoms with van der Waals surface area (Å²) in [4.78, 5) is 0. The lowest BCUT2D eigenvalue weighted by atomic mass is 9.76. The number of fused-ring (bicyclic) bond motifs is 3. The normalized spacial score (nSPS) is 25.5. The molecule has 1 aliphatic carbocycles. The molecule has 112 valence electrons. The number of halogens is 1. The van der Waals surface area contributed by atoms with Crippen molar-refractivity contribution < 1.29 is 0 Å². The summed E-state index contributed by atoms with van der Waals surface area (Å²) in [6, 6.07) is 15.5. The van der Waals surface area contributed by atoms with Crippen LogP contribution in [0.1, 0.15) is 42.0 Å². The van der Waals surface area contributed by atoms with Gasteiger partial charge in [0, 0.05) is 16.6 Å². The Balaban J connectivity index is 1.78. The first kappa shape index (κ1) is 13.9. The first-order valence-electron chi connectivity index (χ1n) is 8.07. The summed E-state index contributed by atoms with van der Waals surface area (Å²) in [7, 11) is 0. The number of hydrogen-bond acceptors (Lipinski definition) is 1. The van der Waals surface area contributed by atoms with Crippen molar-refractivity contribution in [2.24, 2.45) is 5.92 Å². The Labute approximate surface area is 137 Å². The van der Waals surface area contributed by atoms with Crippen LogP contribution in [0.3, 0.4) is 0 Å². The minimum absolute atomic E-state index is 0.332. The molecule has 0 unspecified atom stereocenters. The maximum Gasteiger partial charge on any atom is 0.0554 e. The van der Waals surface area contributed by atoms with Crippen molar-refractivity contribution in [2.45, 2.75) is 31.7 Å². The third kappa shape index (κ3) is 2.24. The molecule has 2 aromatic rings. The highest BCUT2D eigenvalue weighted by molar-refractivity contribution is 6.30. The molecule has 0 spiro atoms. The fourth-order valence-electron chi connectivity index (χ4n) is 3.89. The van der Waals surface area contributed by atoms with Gasteiger partial charge in [0.25, 0.3) is 0 Å². The van der Waals surface area contributed by atoms with E-state index in [0.717, 1.165) is 17.9 Å². The van der Waals surface area contributed by atoms with Crippen LogP contribution in [0.15, 0.2) is 54.6 Å². The lowest BCUT2D eigenvalue weighted by Crippen LogP contribution is -2.29. The average molecular weight is 310 g/mol. The fourth-order valence-corrected chi connectivity index (χ4v) is 4.09. The van der Waals surface area contributed by atoms with Crippen LogP contribution in [0.2, 0.25) is 5.02 Å². The van der Waals surface area contributed by atoms with Gasteiger partial charge in [-0.2, -0.15) is 0 Å². The Hall–Kier alpha value is -1.73. The molecule has 0 fully saturated rings. The van der Waals surface area contributed by atoms with E-state index in [1.165, 1.54) is 22.4 Å². The predicted molar refractivity (Wildman–Crippen MR) is 93.6 cm³/mol. The van der Waals surface area contributed by atoms with E-state index in [4.69, 9.17) is 11.6 Å². The molecule has 2 aromatic carbocycles. The van der Waals surface area contributed by atoms with Crippen LogP contribution < -0.4 is 5.32 Å². The van der Waals surface area contributed by atoms with E-state index in [2.05, 4.69) is 54.7 Å². The van der Waals surface area contributed by atoms with Gasteiger partial charge in [0.2, 0.25) is 0 Å². The van der Waals surface area contributed by atoms with Gasteiger partial charge in [-0.1, -0.05) is 54.9 Å². The standard InChI is InChI=1S/C20H20ClN/c1-2-13-9-10-19-18(11-13)16-7-4-8-17(16)20(22-19)14-5-3-6-15(21)12-14/h3-7,9-12,16-17,20,22H,2,8H2,1H3/t16-,17-,20+/m1/s1. The molecule has 0 aromatic heterocycles. The highest BCUT2D eigenvalue weighted by atomic mass is 35.5. The zero-order valence-electron chi connectivity index (χ0n) is 12.7. The van der Waals surface area contributed by atoms with E-state index in [1.54, 1.807) is 0 Å². The molecule has 1 aliphatic heterocycles. The number of benzene rings is 2. The Bertz CT molecular complexity index is 734. The molecule has 2 heteroatoms. The molecule has 3 atom stereocenters. The fraction of sp³-hybridized carbons (Fsp3) is 0.300. The molecule has 0 radical (unpaired) electrons. The summed E-state index contributed by atoms with van der Waals surface area (Å²) in [6.07, 6.45) is 6.94. The first-order valence-corrected chi connectivity index (χ1v) is 8.45. The van der Waals surface area contributed by atoms with Crippen molar-refractivity contribution in [1.82, 2.24) is 0 Å². The molecule has 0 saturated carbocycles. The number of rotatable bonds is 2. The van der Waals surface area contributed by atoms with Gasteiger partial charge >= 0.3 is 0 Å². The van der Waals surface area contributed by atoms with Crippen LogP contribution in [0.5, 0.6) is 0 Å². The van der Waals surface area contributed by atoms with Crippen molar-refractivity contribution >= 4 is 17.3 Å². The highest BCUT2D eigenvalue weighted by Crippen LogP contribution is 2.50. The number of nitrogens with one attached hydrogen (secondary N) is 1. The molecular formula is C20H20ClN. The van der Waals surface area contributed by atoms with Crippen LogP contribution in [0.4, 0.5) is 5.69 Å². The van der Waals surface area contributed by atoms with Gasteiger partial charge in [-0.15, -0.1) is 0 Å². The van der Waals surface area contributed by atoms with Gasteiger partial charge in [0.15, 0.2) is 0 Å². The molecule has 1 heterocycles. The van der Waals surface area contributed by atoms with E-state index in [0.29, 0.717) is 17.9 Å². The van der Waals surface area contributed by atoms with Crippen LogP contribution in [0, 0.1) is 5.92 Å². The maximum absolute atomic E-state index is 6.20. The third-order valence-electron chi connectivity index (χ3n) is 5.04. The SMILES string of the molecule is CCc1ccc2c(c1)[C@@H]1C=CC[C@H]1[C@H](c1cccc(Cl)c1)N2. The zero-order chi connectivity index (χ0) is 15.1. The molecule has 1 N–H and O–H groups in total. The minimum atomic E-state index is 0.332. The topological polar surface area (TPSA) is 12.0 Å². The molecule has 1 nitrogen and oxygen atoms in total. The van der Waals surface area contributed by atoms with Crippen molar-refractivity contribution in [1.29, 1.82) is 0 Å². The van der Waals surface area contributed by atoms with E-state index < -0.39 is 0 Å². The van der Waals surface area contributed by atoms with Crippen LogP contribution in [-0.2, 0) is 6.42 Å². The van der Waals surface area contributed by atoms with E-state index in [-0.39, 0.29) is 0 Å². The zero-order valence-corrected chi connectivity index (χ0v) is 13.5. The summed E-state index contributed by atoms with van der Waals surface area (Å²) in [5.74, 6) is 1.10. The van der Waals surface area contributed by atoms with Crippen molar-refractivity contribution in [2.75, 3.05) is 5.32 Å². The van der Waals surface area contributed by atoms with Crippen molar-refractivity contribution in [3.05, 3.63) is 76.3 Å². The number of anilines is 1. The molecule has 22 heavy (non-hydrogen) atoms. The predicted octanol–water partition coefficient (Wildman–Crippen LogP) is 5.73. The van der Waals surface area contributed by atoms with Gasteiger partial charge in [0.05, 0.1) is 6.04 Å². The van der Waals surface area contributed by atoms with Gasteiger partial charge in [-0.3, -0.25) is 0 Å². The third-order valence-corrected chi connectivity index (χ3v) is 5.28. The van der Waals surface area contributed by atoms with E-state index in [1.807, 2.05) is 12.1 Å². The summed E-state index contributed by atoms with van der Waals surface area (Å²) < 4.78 is 0. The largest absolute Gasteiger partial charge is 0.378 e. The molecule has 0 bridgehead atoms. The summed E-state index contributed by atoms with van der Waals surface area (Å²) in [5.41, 5.74) is 5.43. The lowest BCUT2D eigenvalue weighted by molar-refractivity contribution is 0.425. The summed E-state index contributed by atoms with van der Waals surface area (Å²) >= 11 is 6.20. The number of aryl methyl sites for hydroxylation is 1. The van der Waals surface area contributed by atoms with E-state index in [9.17, 15) is 0 Å². The Morgan fingerprint density at radius 2 is 2.09 bits per heavy atom. The molecule has 4 rings (SSSR count). The van der Waals surface area contributed by atoms with Gasteiger partial charge in [-0.05, 0) is 53.6 Å². The summed E-state index contributed by atoms with van der Waals surface area (Å²) in [5, 5.41) is 4.58. The van der Waals surface area contributed by atoms with Gasteiger partial charge < -0.3 is 5.32 Å². The summed E-state index contributed by atoms with van der Waals surface area (Å²) in [6.45, 7) is 2.22. The number of hydrogen-bond donors (Lipinski definition) is 1. The number of allylic oxidation sites excluding steroid dienone is 2. The molecular weight excluding hydrogens is 290 g/mol. The van der Waals surface area contributed by atoms with E-state index >= 15 is 0 Å². The van der Waals surface area contributed by atoms with Crippen molar-refractivity contribution in [3.63, 3.8) is 0 Å². The Kier molecular flexibility index (Phi) is 3.46. The van der Waals surface area contributed by atoms with Crippen LogP contribution in [0.25, 0.3) is 0 Å². The second-order valence-corrected chi connectivity index (χ2v) is 6.74. The molecule has 0 saturated heterocycles. The van der Waals surface area contributed by atoms with Crippen molar-refractivity contribution in [3.8, 4) is 0 Å². The monoisotopic (exact) mass is 309 g/mol.